The molecule has 0 spiro atoms. The van der Waals surface area contributed by atoms with Gasteiger partial charge in [-0.3, -0.25) is 0 Å². The van der Waals surface area contributed by atoms with Gasteiger partial charge in [-0.05, 0) is 35.4 Å². The first-order chi connectivity index (χ1) is 9.06. The van der Waals surface area contributed by atoms with Crippen molar-refractivity contribution in [3.05, 3.63) is 59.7 Å². The molecule has 2 atom stereocenters. The lowest BCUT2D eigenvalue weighted by Gasteiger charge is -2.09. The smallest absolute Gasteiger partial charge is 0.127 e. The normalized spacial score (nSPS) is 13.9. The molecule has 2 aromatic rings. The summed E-state index contributed by atoms with van der Waals surface area (Å²) in [5, 5.41) is -0.546. The highest BCUT2D eigenvalue weighted by molar-refractivity contribution is 7.80. The van der Waals surface area contributed by atoms with E-state index < -0.39 is 0 Å². The number of hydrogen-bond acceptors (Lipinski definition) is 5. The number of ether oxygens (including phenoxy) is 1. The molecule has 0 bridgehead atoms. The molecule has 0 aliphatic carbocycles. The Morgan fingerprint density at radius 2 is 1.00 bits per heavy atom. The fourth-order valence-corrected chi connectivity index (χ4v) is 1.95. The van der Waals surface area contributed by atoms with Crippen LogP contribution in [0, 0.1) is 0 Å². The van der Waals surface area contributed by atoms with Gasteiger partial charge in [0, 0.05) is 0 Å². The first kappa shape index (κ1) is 14.3. The monoisotopic (exact) mass is 292 g/mol. The number of rotatable bonds is 4. The van der Waals surface area contributed by atoms with Crippen molar-refractivity contribution in [2.75, 3.05) is 0 Å². The van der Waals surface area contributed by atoms with E-state index in [0.29, 0.717) is 0 Å². The standard InChI is InChI=1S/C14H16N2OS2/c15-13(18)9-1-5-11(6-2-9)17-12-7-3-10(4-8-12)14(16)19/h1-8,13-14,18-19H,15-16H2. The molecule has 0 aliphatic rings. The summed E-state index contributed by atoms with van der Waals surface area (Å²) in [5.74, 6) is 1.50. The molecule has 0 heterocycles. The van der Waals surface area contributed by atoms with Gasteiger partial charge in [-0.2, -0.15) is 25.3 Å². The lowest BCUT2D eigenvalue weighted by molar-refractivity contribution is 0.482. The predicted molar refractivity (Wildman–Crippen MR) is 84.8 cm³/mol. The molecular weight excluding hydrogens is 276 g/mol. The van der Waals surface area contributed by atoms with Crippen LogP contribution in [0.5, 0.6) is 11.5 Å². The zero-order chi connectivity index (χ0) is 13.8. The topological polar surface area (TPSA) is 61.3 Å². The molecule has 3 nitrogen and oxygen atoms in total. The Morgan fingerprint density at radius 3 is 1.26 bits per heavy atom. The van der Waals surface area contributed by atoms with Gasteiger partial charge in [0.1, 0.15) is 11.5 Å². The summed E-state index contributed by atoms with van der Waals surface area (Å²) in [4.78, 5) is 0. The zero-order valence-electron chi connectivity index (χ0n) is 10.2. The predicted octanol–water partition coefficient (Wildman–Crippen LogP) is 3.25. The van der Waals surface area contributed by atoms with Crippen molar-refractivity contribution in [2.45, 2.75) is 10.7 Å². The summed E-state index contributed by atoms with van der Waals surface area (Å²) in [6.07, 6.45) is 0. The average molecular weight is 292 g/mol. The SMILES string of the molecule is NC(S)c1ccc(Oc2ccc(C(N)S)cc2)cc1. The van der Waals surface area contributed by atoms with Crippen molar-refractivity contribution < 1.29 is 4.74 Å². The summed E-state index contributed by atoms with van der Waals surface area (Å²) in [6, 6.07) is 15.0. The fourth-order valence-electron chi connectivity index (χ4n) is 1.60. The first-order valence-corrected chi connectivity index (χ1v) is 6.84. The highest BCUT2D eigenvalue weighted by atomic mass is 32.1. The third kappa shape index (κ3) is 3.91. The Morgan fingerprint density at radius 1 is 0.684 bits per heavy atom. The number of hydrogen-bond donors (Lipinski definition) is 4. The van der Waals surface area contributed by atoms with Crippen molar-refractivity contribution >= 4 is 25.3 Å². The number of benzene rings is 2. The Balaban J connectivity index is 2.08. The Kier molecular flexibility index (Phi) is 4.76. The summed E-state index contributed by atoms with van der Waals surface area (Å²) in [7, 11) is 0. The molecule has 2 aromatic carbocycles. The molecule has 0 saturated carbocycles. The number of thiol groups is 2. The van der Waals surface area contributed by atoms with Crippen LogP contribution in [0.2, 0.25) is 0 Å². The van der Waals surface area contributed by atoms with Crippen molar-refractivity contribution in [3.63, 3.8) is 0 Å². The summed E-state index contributed by atoms with van der Waals surface area (Å²) >= 11 is 8.34. The molecular formula is C14H16N2OS2. The molecule has 2 rings (SSSR count). The molecule has 5 heteroatoms. The summed E-state index contributed by atoms with van der Waals surface area (Å²) in [6.45, 7) is 0. The van der Waals surface area contributed by atoms with E-state index in [1.54, 1.807) is 0 Å². The second-order valence-electron chi connectivity index (χ2n) is 4.13. The number of nitrogens with two attached hydrogens (primary N) is 2. The average Bonchev–Trinajstić information content (AvgIpc) is 2.40. The van der Waals surface area contributed by atoms with Crippen LogP contribution < -0.4 is 16.2 Å². The van der Waals surface area contributed by atoms with E-state index in [0.717, 1.165) is 22.6 Å². The van der Waals surface area contributed by atoms with E-state index in [1.165, 1.54) is 0 Å². The molecule has 0 aromatic heterocycles. The molecule has 0 radical (unpaired) electrons. The molecule has 4 N–H and O–H groups in total. The summed E-state index contributed by atoms with van der Waals surface area (Å²) < 4.78 is 5.72. The van der Waals surface area contributed by atoms with E-state index in [1.807, 2.05) is 48.5 Å². The third-order valence-corrected chi connectivity index (χ3v) is 3.28. The van der Waals surface area contributed by atoms with E-state index in [-0.39, 0.29) is 10.7 Å². The second-order valence-corrected chi connectivity index (χ2v) is 5.24. The van der Waals surface area contributed by atoms with Crippen LogP contribution in [0.1, 0.15) is 21.9 Å². The fraction of sp³-hybridized carbons (Fsp3) is 0.143. The molecule has 100 valence electrons. The van der Waals surface area contributed by atoms with Gasteiger partial charge >= 0.3 is 0 Å². The largest absolute Gasteiger partial charge is 0.457 e. The third-order valence-electron chi connectivity index (χ3n) is 2.68. The van der Waals surface area contributed by atoms with E-state index in [9.17, 15) is 0 Å². The Bertz CT molecular complexity index is 475. The minimum absolute atomic E-state index is 0.273. The van der Waals surface area contributed by atoms with Crippen LogP contribution in [0.4, 0.5) is 0 Å². The maximum Gasteiger partial charge on any atom is 0.127 e. The molecule has 0 aliphatic heterocycles. The van der Waals surface area contributed by atoms with Crippen LogP contribution >= 0.6 is 25.3 Å². The van der Waals surface area contributed by atoms with Crippen LogP contribution in [-0.2, 0) is 0 Å². The van der Waals surface area contributed by atoms with Crippen LogP contribution in [-0.4, -0.2) is 0 Å². The van der Waals surface area contributed by atoms with Crippen molar-refractivity contribution in [1.82, 2.24) is 0 Å². The molecule has 0 saturated heterocycles. The molecule has 2 unspecified atom stereocenters. The Hall–Kier alpha value is -1.14. The lowest BCUT2D eigenvalue weighted by Crippen LogP contribution is -2.02. The van der Waals surface area contributed by atoms with Crippen LogP contribution in [0.25, 0.3) is 0 Å². The van der Waals surface area contributed by atoms with Gasteiger partial charge in [0.25, 0.3) is 0 Å². The van der Waals surface area contributed by atoms with Crippen molar-refractivity contribution in [2.24, 2.45) is 11.5 Å². The quantitative estimate of drug-likeness (QED) is 0.517. The maximum atomic E-state index is 5.72. The van der Waals surface area contributed by atoms with Crippen molar-refractivity contribution in [1.29, 1.82) is 0 Å². The lowest BCUT2D eigenvalue weighted by atomic mass is 10.2. The highest BCUT2D eigenvalue weighted by Gasteiger charge is 2.03. The maximum absolute atomic E-state index is 5.72. The van der Waals surface area contributed by atoms with Gasteiger partial charge in [-0.25, -0.2) is 0 Å². The van der Waals surface area contributed by atoms with Gasteiger partial charge in [0.2, 0.25) is 0 Å². The van der Waals surface area contributed by atoms with E-state index >= 15 is 0 Å². The van der Waals surface area contributed by atoms with Gasteiger partial charge in [0.05, 0.1) is 10.7 Å². The molecule has 0 amide bonds. The minimum Gasteiger partial charge on any atom is -0.457 e. The first-order valence-electron chi connectivity index (χ1n) is 5.81. The molecule has 19 heavy (non-hydrogen) atoms. The van der Waals surface area contributed by atoms with Gasteiger partial charge in [-0.15, -0.1) is 0 Å². The van der Waals surface area contributed by atoms with Gasteiger partial charge in [0.15, 0.2) is 0 Å². The van der Waals surface area contributed by atoms with Crippen LogP contribution in [0.15, 0.2) is 48.5 Å². The second kappa shape index (κ2) is 6.34. The van der Waals surface area contributed by atoms with Crippen LogP contribution in [0.3, 0.4) is 0 Å². The minimum atomic E-state index is -0.273. The van der Waals surface area contributed by atoms with E-state index in [4.69, 9.17) is 16.2 Å². The molecule has 0 fully saturated rings. The Labute approximate surface area is 123 Å². The van der Waals surface area contributed by atoms with Gasteiger partial charge < -0.3 is 16.2 Å². The zero-order valence-corrected chi connectivity index (χ0v) is 12.0. The van der Waals surface area contributed by atoms with Gasteiger partial charge in [-0.1, -0.05) is 24.3 Å². The van der Waals surface area contributed by atoms with Crippen molar-refractivity contribution in [3.8, 4) is 11.5 Å². The van der Waals surface area contributed by atoms with E-state index in [2.05, 4.69) is 25.3 Å². The highest BCUT2D eigenvalue weighted by Crippen LogP contribution is 2.25. The summed E-state index contributed by atoms with van der Waals surface area (Å²) in [5.41, 5.74) is 13.2.